The van der Waals surface area contributed by atoms with Gasteiger partial charge in [0, 0.05) is 51.0 Å². The lowest BCUT2D eigenvalue weighted by atomic mass is 9.82. The minimum Gasteiger partial charge on any atom is -0.462 e. The first-order valence-electron chi connectivity index (χ1n) is 27.0. The minimum absolute atomic E-state index is 0.0114. The van der Waals surface area contributed by atoms with Crippen molar-refractivity contribution in [2.45, 2.75) is 189 Å². The van der Waals surface area contributed by atoms with E-state index in [9.17, 15) is 39.9 Å². The summed E-state index contributed by atoms with van der Waals surface area (Å²) in [4.78, 5) is 39.7. The Morgan fingerprint density at radius 1 is 0.684 bits per heavy atom. The molecule has 4 saturated heterocycles. The van der Waals surface area contributed by atoms with Gasteiger partial charge in [0.1, 0.15) is 37.4 Å². The SMILES string of the molecule is C=CCOC(=O)N[C@@H]1[C@H](O)[C@H](O[C@H]2/C=C/C=C/C=C/C=C/C=C/C=C/C=C/[C@H](C)[C@@H](O)[C@@H](C)[C@H](C)OC(=O)C[C@H]3C[C@@H](CC[C@@H](O)[C@H]4C[C@@H](C[C@]5(OC)C[C@H](O)[C@@H](C(=O)OCC=C)C(C2)O5)OC(P)O4)OC(P)O3)O[C@H](C)[C@H]1O. The maximum absolute atomic E-state index is 13.9. The second kappa shape index (κ2) is 33.3. The summed E-state index contributed by atoms with van der Waals surface area (Å²) in [5.74, 6) is -4.71. The first kappa shape index (κ1) is 66.0. The van der Waals surface area contributed by atoms with Crippen LogP contribution in [0.5, 0.6) is 0 Å². The number of aliphatic hydroxyl groups excluding tert-OH is 5. The van der Waals surface area contributed by atoms with Crippen LogP contribution in [0.3, 0.4) is 0 Å². The number of esters is 2. The second-order valence-electron chi connectivity index (χ2n) is 20.5. The summed E-state index contributed by atoms with van der Waals surface area (Å²) >= 11 is 0. The van der Waals surface area contributed by atoms with E-state index in [2.05, 4.69) is 37.0 Å². The van der Waals surface area contributed by atoms with E-state index in [1.165, 1.54) is 19.3 Å². The van der Waals surface area contributed by atoms with Crippen LogP contribution >= 0.6 is 18.5 Å². The van der Waals surface area contributed by atoms with Gasteiger partial charge in [-0.15, -0.1) is 0 Å². The highest BCUT2D eigenvalue weighted by atomic mass is 31.0. The number of aliphatic hydroxyl groups is 5. The topological polar surface area (TPSA) is 266 Å². The molecule has 0 aromatic heterocycles. The Bertz CT molecular complexity index is 2160. The Labute approximate surface area is 469 Å². The van der Waals surface area contributed by atoms with E-state index >= 15 is 0 Å². The number of amides is 1. The van der Waals surface area contributed by atoms with Crippen LogP contribution in [0, 0.1) is 17.8 Å². The number of ether oxygens (including phenoxy) is 11. The van der Waals surface area contributed by atoms with Crippen LogP contribution < -0.4 is 5.32 Å². The van der Waals surface area contributed by atoms with E-state index in [-0.39, 0.29) is 69.7 Å². The Kier molecular flexibility index (Phi) is 27.9. The molecule has 6 bridgehead atoms. The van der Waals surface area contributed by atoms with Gasteiger partial charge in [0.25, 0.3) is 0 Å². The average Bonchev–Trinajstić information content (AvgIpc) is 3.43. The van der Waals surface area contributed by atoms with Crippen molar-refractivity contribution in [1.29, 1.82) is 0 Å². The predicted octanol–water partition coefficient (Wildman–Crippen LogP) is 5.41. The van der Waals surface area contributed by atoms with Crippen molar-refractivity contribution in [3.8, 4) is 0 Å². The number of fused-ring (bicyclic) bond motifs is 6. The molecule has 5 aliphatic rings. The zero-order valence-corrected chi connectivity index (χ0v) is 48.2. The van der Waals surface area contributed by atoms with Crippen molar-refractivity contribution in [2.24, 2.45) is 17.8 Å². The lowest BCUT2D eigenvalue weighted by Gasteiger charge is -2.48. The molecular weight excluding hydrogens is 1060 g/mol. The van der Waals surface area contributed by atoms with E-state index in [1.54, 1.807) is 44.2 Å². The molecule has 0 aromatic rings. The van der Waals surface area contributed by atoms with Crippen LogP contribution in [0.4, 0.5) is 4.79 Å². The van der Waals surface area contributed by atoms with Crippen molar-refractivity contribution in [3.63, 3.8) is 0 Å². The van der Waals surface area contributed by atoms with Crippen molar-refractivity contribution < 1.29 is 92.0 Å². The fourth-order valence-corrected chi connectivity index (χ4v) is 10.9. The lowest BCUT2D eigenvalue weighted by molar-refractivity contribution is -0.326. The number of carbonyl (C=O) groups is 3. The van der Waals surface area contributed by atoms with E-state index in [4.69, 9.17) is 52.1 Å². The molecular formula is C57H85NO19P2. The van der Waals surface area contributed by atoms with Crippen molar-refractivity contribution in [1.82, 2.24) is 5.32 Å². The van der Waals surface area contributed by atoms with Crippen LogP contribution in [0.15, 0.2) is 110 Å². The monoisotopic (exact) mass is 1150 g/mol. The summed E-state index contributed by atoms with van der Waals surface area (Å²) in [6.45, 7) is 14.0. The lowest BCUT2D eigenvalue weighted by Crippen LogP contribution is -2.64. The molecule has 22 heteroatoms. The largest absolute Gasteiger partial charge is 0.462 e. The number of carbonyl (C=O) groups excluding carboxylic acids is 3. The molecule has 0 radical (unpaired) electrons. The van der Waals surface area contributed by atoms with Crippen molar-refractivity contribution in [2.75, 3.05) is 20.3 Å². The van der Waals surface area contributed by atoms with Crippen LogP contribution in [0.25, 0.3) is 0 Å². The number of rotatable bonds is 9. The second-order valence-corrected chi connectivity index (χ2v) is 21.5. The highest BCUT2D eigenvalue weighted by molar-refractivity contribution is 7.17. The molecule has 5 heterocycles. The van der Waals surface area contributed by atoms with Gasteiger partial charge in [-0.05, 0) is 26.7 Å². The normalized spacial score (nSPS) is 42.5. The Hall–Kier alpha value is -3.79. The van der Waals surface area contributed by atoms with E-state index in [1.807, 2.05) is 68.5 Å². The Morgan fingerprint density at radius 3 is 1.92 bits per heavy atom. The highest BCUT2D eigenvalue weighted by Crippen LogP contribution is 2.42. The van der Waals surface area contributed by atoms with Crippen LogP contribution in [-0.4, -0.2) is 173 Å². The maximum Gasteiger partial charge on any atom is 0.407 e. The Balaban J connectivity index is 1.45. The molecule has 0 aliphatic carbocycles. The number of cyclic esters (lactones) is 1. The smallest absolute Gasteiger partial charge is 0.407 e. The van der Waals surface area contributed by atoms with Gasteiger partial charge in [0.2, 0.25) is 0 Å². The fourth-order valence-electron chi connectivity index (χ4n) is 10.0. The quantitative estimate of drug-likeness (QED) is 0.0730. The maximum atomic E-state index is 13.9. The zero-order valence-electron chi connectivity index (χ0n) is 45.9. The van der Waals surface area contributed by atoms with Crippen molar-refractivity contribution >= 4 is 36.5 Å². The molecule has 5 rings (SSSR count). The summed E-state index contributed by atoms with van der Waals surface area (Å²) in [6, 6.07) is -2.86. The van der Waals surface area contributed by atoms with Gasteiger partial charge in [-0.3, -0.25) is 9.59 Å². The number of methoxy groups -OCH3 is 1. The van der Waals surface area contributed by atoms with E-state index < -0.39 is 127 Å². The van der Waals surface area contributed by atoms with E-state index in [0.717, 1.165) is 0 Å². The van der Waals surface area contributed by atoms with Crippen LogP contribution in [0.2, 0.25) is 0 Å². The molecule has 23 atom stereocenters. The number of hydrogen-bond donors (Lipinski definition) is 6. The van der Waals surface area contributed by atoms with Gasteiger partial charge >= 0.3 is 18.0 Å². The third-order valence-corrected chi connectivity index (χ3v) is 15.1. The van der Waals surface area contributed by atoms with Gasteiger partial charge in [0.15, 0.2) is 24.1 Å². The van der Waals surface area contributed by atoms with Crippen molar-refractivity contribution in [3.05, 3.63) is 110 Å². The fraction of sp³-hybridized carbons (Fsp3) is 0.632. The van der Waals surface area contributed by atoms with Crippen LogP contribution in [0.1, 0.15) is 79.1 Å². The minimum atomic E-state index is -1.63. The summed E-state index contributed by atoms with van der Waals surface area (Å²) in [5.41, 5.74) is 0. The first-order chi connectivity index (χ1) is 37.8. The molecule has 1 amide bonds. The Morgan fingerprint density at radius 2 is 1.28 bits per heavy atom. The highest BCUT2D eigenvalue weighted by Gasteiger charge is 2.53. The van der Waals surface area contributed by atoms with Gasteiger partial charge in [-0.1, -0.05) is 143 Å². The van der Waals surface area contributed by atoms with Gasteiger partial charge in [-0.25, -0.2) is 4.79 Å². The molecule has 79 heavy (non-hydrogen) atoms. The molecule has 4 fully saturated rings. The molecule has 20 nitrogen and oxygen atoms in total. The summed E-state index contributed by atoms with van der Waals surface area (Å²) < 4.78 is 66.0. The molecule has 5 unspecified atom stereocenters. The summed E-state index contributed by atoms with van der Waals surface area (Å²) in [6.07, 6.45) is 14.2. The third kappa shape index (κ3) is 20.9. The molecule has 6 N–H and O–H groups in total. The first-order valence-corrected chi connectivity index (χ1v) is 28.4. The number of allylic oxidation sites excluding steroid dienone is 12. The molecule has 0 spiro atoms. The zero-order chi connectivity index (χ0) is 57.6. The number of alkyl carbamates (subject to hydrolysis) is 1. The molecule has 442 valence electrons. The summed E-state index contributed by atoms with van der Waals surface area (Å²) in [7, 11) is 6.36. The molecule has 0 aromatic carbocycles. The van der Waals surface area contributed by atoms with E-state index in [0.29, 0.717) is 12.8 Å². The van der Waals surface area contributed by atoms with Gasteiger partial charge in [-0.2, -0.15) is 0 Å². The molecule has 5 aliphatic heterocycles. The number of hydrogen-bond acceptors (Lipinski definition) is 19. The molecule has 0 saturated carbocycles. The number of nitrogens with one attached hydrogen (secondary N) is 1. The third-order valence-electron chi connectivity index (χ3n) is 14.5. The van der Waals surface area contributed by atoms with Crippen LogP contribution in [-0.2, 0) is 61.7 Å². The summed E-state index contributed by atoms with van der Waals surface area (Å²) in [5, 5.41) is 59.9. The predicted molar refractivity (Wildman–Crippen MR) is 298 cm³/mol. The van der Waals surface area contributed by atoms with Gasteiger partial charge < -0.3 is 83.0 Å². The average molecular weight is 1150 g/mol. The van der Waals surface area contributed by atoms with Gasteiger partial charge in [0.05, 0.1) is 73.5 Å². The standard InChI is InChI=1S/C57H85NO19P2/c1-8-26-68-52(65)47-43(60)33-57(67-7)32-41-30-44(76-56(79)75-41)42(59)25-24-39-28-40(74-55(78)73-39)31-46(61)70-36(5)35(4)49(62)34(3)22-20-18-16-14-12-10-11-13-15-17-19-21-23-38(29-45(47)77-57)72-53-51(64)48(50(63)37(6)71-53)58-54(66)69-27-9-2/h8-23,34-45,47-51,53,55-56,59-60,62-64H,1-2,24-33,78-79H2,3-7H3,(H,58,66)/b11-10+,14-12+,15-13+,18-16+,19-17+,22-20+,23-21+/t34-,35-,36-,37+,38-,39+,40+,41-,42+,43-,44+,45?,47+,48-,49+,50+,51-,53-,55?,56?,57+/m0/s1.